The van der Waals surface area contributed by atoms with Crippen molar-refractivity contribution in [1.82, 2.24) is 5.32 Å². The first-order chi connectivity index (χ1) is 13.0. The molecule has 0 fully saturated rings. The third kappa shape index (κ3) is 5.54. The van der Waals surface area contributed by atoms with Crippen molar-refractivity contribution in [3.8, 4) is 17.2 Å². The minimum atomic E-state index is -0.210. The Balaban J connectivity index is 2.14. The standard InChI is InChI=1S/C21H26ClNO4/c1-5-25-18-10-9-16(12-17(18)22)21(24)23-14(4)15-8-11-19(26-6-2)20(13-15)27-7-3/h8-14H,5-7H2,1-4H3,(H,23,24). The van der Waals surface area contributed by atoms with Gasteiger partial charge in [0.25, 0.3) is 5.91 Å². The van der Waals surface area contributed by atoms with Gasteiger partial charge in [-0.05, 0) is 63.6 Å². The Morgan fingerprint density at radius 1 is 0.926 bits per heavy atom. The molecule has 0 heterocycles. The number of nitrogens with one attached hydrogen (secondary N) is 1. The van der Waals surface area contributed by atoms with E-state index in [-0.39, 0.29) is 11.9 Å². The molecule has 2 aromatic rings. The minimum Gasteiger partial charge on any atom is -0.492 e. The smallest absolute Gasteiger partial charge is 0.251 e. The molecular formula is C21H26ClNO4. The molecule has 146 valence electrons. The van der Waals surface area contributed by atoms with E-state index in [9.17, 15) is 4.79 Å². The third-order valence-corrected chi connectivity index (χ3v) is 4.20. The largest absolute Gasteiger partial charge is 0.492 e. The molecule has 5 nitrogen and oxygen atoms in total. The molecule has 0 aliphatic heterocycles. The van der Waals surface area contributed by atoms with E-state index in [1.54, 1.807) is 18.2 Å². The molecule has 27 heavy (non-hydrogen) atoms. The van der Waals surface area contributed by atoms with E-state index in [1.165, 1.54) is 0 Å². The molecule has 0 radical (unpaired) electrons. The maximum atomic E-state index is 12.6. The topological polar surface area (TPSA) is 56.8 Å². The fraction of sp³-hybridized carbons (Fsp3) is 0.381. The molecule has 0 saturated heterocycles. The number of benzene rings is 2. The van der Waals surface area contributed by atoms with Crippen LogP contribution >= 0.6 is 11.6 Å². The number of carbonyl (C=O) groups excluding carboxylic acids is 1. The number of rotatable bonds is 9. The van der Waals surface area contributed by atoms with Gasteiger partial charge in [0, 0.05) is 5.56 Å². The van der Waals surface area contributed by atoms with Gasteiger partial charge in [-0.15, -0.1) is 0 Å². The number of hydrogen-bond donors (Lipinski definition) is 1. The van der Waals surface area contributed by atoms with Crippen LogP contribution in [0.4, 0.5) is 0 Å². The van der Waals surface area contributed by atoms with Crippen molar-refractivity contribution in [2.75, 3.05) is 19.8 Å². The van der Waals surface area contributed by atoms with Gasteiger partial charge in [-0.2, -0.15) is 0 Å². The highest BCUT2D eigenvalue weighted by Crippen LogP contribution is 2.31. The normalized spacial score (nSPS) is 11.6. The van der Waals surface area contributed by atoms with Crippen molar-refractivity contribution in [2.24, 2.45) is 0 Å². The predicted molar refractivity (Wildman–Crippen MR) is 107 cm³/mol. The lowest BCUT2D eigenvalue weighted by atomic mass is 10.1. The summed E-state index contributed by atoms with van der Waals surface area (Å²) < 4.78 is 16.6. The molecular weight excluding hydrogens is 366 g/mol. The molecule has 1 unspecified atom stereocenters. The highest BCUT2D eigenvalue weighted by Gasteiger charge is 2.15. The number of carbonyl (C=O) groups is 1. The lowest BCUT2D eigenvalue weighted by molar-refractivity contribution is 0.0939. The van der Waals surface area contributed by atoms with Crippen molar-refractivity contribution in [3.63, 3.8) is 0 Å². The number of halogens is 1. The maximum Gasteiger partial charge on any atom is 0.251 e. The summed E-state index contributed by atoms with van der Waals surface area (Å²) in [5, 5.41) is 3.39. The van der Waals surface area contributed by atoms with Crippen LogP contribution in [0.1, 0.15) is 49.7 Å². The molecule has 1 atom stereocenters. The van der Waals surface area contributed by atoms with Crippen molar-refractivity contribution >= 4 is 17.5 Å². The predicted octanol–water partition coefficient (Wildman–Crippen LogP) is 5.03. The zero-order chi connectivity index (χ0) is 19.8. The lowest BCUT2D eigenvalue weighted by Crippen LogP contribution is -2.26. The van der Waals surface area contributed by atoms with Crippen LogP contribution in [0.5, 0.6) is 17.2 Å². The minimum absolute atomic E-state index is 0.209. The zero-order valence-electron chi connectivity index (χ0n) is 16.2. The van der Waals surface area contributed by atoms with Crippen LogP contribution in [0.2, 0.25) is 5.02 Å². The van der Waals surface area contributed by atoms with Crippen LogP contribution in [0.15, 0.2) is 36.4 Å². The first kappa shape index (κ1) is 20.9. The summed E-state index contributed by atoms with van der Waals surface area (Å²) in [5.74, 6) is 1.72. The summed E-state index contributed by atoms with van der Waals surface area (Å²) in [6, 6.07) is 10.5. The van der Waals surface area contributed by atoms with Gasteiger partial charge in [0.1, 0.15) is 5.75 Å². The molecule has 1 amide bonds. The highest BCUT2D eigenvalue weighted by atomic mass is 35.5. The van der Waals surface area contributed by atoms with Crippen LogP contribution in [-0.2, 0) is 0 Å². The molecule has 0 aromatic heterocycles. The summed E-state index contributed by atoms with van der Waals surface area (Å²) >= 11 is 6.17. The van der Waals surface area contributed by atoms with Crippen LogP contribution in [0.3, 0.4) is 0 Å². The van der Waals surface area contributed by atoms with E-state index >= 15 is 0 Å². The summed E-state index contributed by atoms with van der Waals surface area (Å²) in [6.07, 6.45) is 0. The number of ether oxygens (including phenoxy) is 3. The van der Waals surface area contributed by atoms with E-state index in [0.717, 1.165) is 5.56 Å². The second-order valence-corrected chi connectivity index (χ2v) is 6.25. The summed E-state index contributed by atoms with van der Waals surface area (Å²) in [6.45, 7) is 9.25. The fourth-order valence-electron chi connectivity index (χ4n) is 2.61. The first-order valence-corrected chi connectivity index (χ1v) is 9.50. The molecule has 0 aliphatic rings. The van der Waals surface area contributed by atoms with Gasteiger partial charge in [-0.1, -0.05) is 17.7 Å². The maximum absolute atomic E-state index is 12.6. The van der Waals surface area contributed by atoms with Crippen molar-refractivity contribution in [1.29, 1.82) is 0 Å². The average Bonchev–Trinajstić information content (AvgIpc) is 2.65. The molecule has 6 heteroatoms. The molecule has 0 aliphatic carbocycles. The van der Waals surface area contributed by atoms with Gasteiger partial charge in [0.05, 0.1) is 30.9 Å². The Labute approximate surface area is 165 Å². The van der Waals surface area contributed by atoms with E-state index in [2.05, 4.69) is 5.32 Å². The van der Waals surface area contributed by atoms with E-state index in [1.807, 2.05) is 45.9 Å². The monoisotopic (exact) mass is 391 g/mol. The average molecular weight is 392 g/mol. The zero-order valence-corrected chi connectivity index (χ0v) is 16.9. The SMILES string of the molecule is CCOc1ccc(C(=O)NC(C)c2ccc(OCC)c(OCC)c2)cc1Cl. The molecule has 0 bridgehead atoms. The Morgan fingerprint density at radius 3 is 2.15 bits per heavy atom. The van der Waals surface area contributed by atoms with Crippen molar-refractivity contribution in [2.45, 2.75) is 33.7 Å². The summed E-state index contributed by atoms with van der Waals surface area (Å²) in [7, 11) is 0. The van der Waals surface area contributed by atoms with Gasteiger partial charge in [-0.3, -0.25) is 4.79 Å². The molecule has 2 aromatic carbocycles. The summed E-state index contributed by atoms with van der Waals surface area (Å²) in [5.41, 5.74) is 1.40. The Kier molecular flexibility index (Phi) is 7.80. The van der Waals surface area contributed by atoms with Crippen LogP contribution in [-0.4, -0.2) is 25.7 Å². The van der Waals surface area contributed by atoms with Gasteiger partial charge >= 0.3 is 0 Å². The van der Waals surface area contributed by atoms with Crippen LogP contribution < -0.4 is 19.5 Å². The summed E-state index contributed by atoms with van der Waals surface area (Å²) in [4.78, 5) is 12.6. The molecule has 2 rings (SSSR count). The van der Waals surface area contributed by atoms with Gasteiger partial charge < -0.3 is 19.5 Å². The molecule has 0 spiro atoms. The van der Waals surface area contributed by atoms with E-state index < -0.39 is 0 Å². The van der Waals surface area contributed by atoms with Gasteiger partial charge in [0.2, 0.25) is 0 Å². The second-order valence-electron chi connectivity index (χ2n) is 5.85. The fourth-order valence-corrected chi connectivity index (χ4v) is 2.85. The highest BCUT2D eigenvalue weighted by molar-refractivity contribution is 6.32. The Morgan fingerprint density at radius 2 is 1.52 bits per heavy atom. The first-order valence-electron chi connectivity index (χ1n) is 9.12. The van der Waals surface area contributed by atoms with Crippen molar-refractivity contribution < 1.29 is 19.0 Å². The quantitative estimate of drug-likeness (QED) is 0.651. The van der Waals surface area contributed by atoms with Gasteiger partial charge in [-0.25, -0.2) is 0 Å². The van der Waals surface area contributed by atoms with Crippen LogP contribution in [0, 0.1) is 0 Å². The lowest BCUT2D eigenvalue weighted by Gasteiger charge is -2.18. The Bertz CT molecular complexity index is 779. The van der Waals surface area contributed by atoms with Crippen molar-refractivity contribution in [3.05, 3.63) is 52.5 Å². The second kappa shape index (κ2) is 10.1. The number of hydrogen-bond acceptors (Lipinski definition) is 4. The van der Waals surface area contributed by atoms with E-state index in [4.69, 9.17) is 25.8 Å². The molecule has 1 N–H and O–H groups in total. The third-order valence-electron chi connectivity index (χ3n) is 3.91. The van der Waals surface area contributed by atoms with E-state index in [0.29, 0.717) is 47.7 Å². The number of amides is 1. The van der Waals surface area contributed by atoms with Crippen LogP contribution in [0.25, 0.3) is 0 Å². The Hall–Kier alpha value is -2.40. The van der Waals surface area contributed by atoms with Gasteiger partial charge in [0.15, 0.2) is 11.5 Å². The molecule has 0 saturated carbocycles.